The minimum absolute atomic E-state index is 0. The molecular formula is C15H19Cl3N4O2. The van der Waals surface area contributed by atoms with Gasteiger partial charge in [-0.05, 0) is 12.1 Å². The number of halogens is 3. The van der Waals surface area contributed by atoms with Gasteiger partial charge in [-0.1, -0.05) is 29.3 Å². The van der Waals surface area contributed by atoms with E-state index in [1.807, 2.05) is 0 Å². The highest BCUT2D eigenvalue weighted by atomic mass is 35.5. The molecule has 1 heterocycles. The van der Waals surface area contributed by atoms with Gasteiger partial charge >= 0.3 is 0 Å². The molecule has 0 aliphatic rings. The number of anilines is 1. The summed E-state index contributed by atoms with van der Waals surface area (Å²) in [5.74, 6) is 0.354. The zero-order valence-electron chi connectivity index (χ0n) is 13.0. The van der Waals surface area contributed by atoms with Gasteiger partial charge in [-0.3, -0.25) is 4.79 Å². The second-order valence-corrected chi connectivity index (χ2v) is 5.73. The van der Waals surface area contributed by atoms with Crippen LogP contribution in [-0.4, -0.2) is 35.4 Å². The molecule has 6 nitrogen and oxygen atoms in total. The number of benzene rings is 1. The highest BCUT2D eigenvalue weighted by Crippen LogP contribution is 2.26. The molecule has 1 atom stereocenters. The number of hydrogen-bond donors (Lipinski definition) is 2. The predicted octanol–water partition coefficient (Wildman–Crippen LogP) is 2.96. The Morgan fingerprint density at radius 2 is 2.04 bits per heavy atom. The Kier molecular flexibility index (Phi) is 8.52. The van der Waals surface area contributed by atoms with Crippen molar-refractivity contribution in [2.24, 2.45) is 5.73 Å². The first-order valence-corrected chi connectivity index (χ1v) is 7.78. The van der Waals surface area contributed by atoms with Crippen molar-refractivity contribution in [1.82, 2.24) is 9.78 Å². The van der Waals surface area contributed by atoms with Crippen LogP contribution in [0.3, 0.4) is 0 Å². The number of aromatic nitrogens is 2. The van der Waals surface area contributed by atoms with Crippen molar-refractivity contribution in [1.29, 1.82) is 0 Å². The van der Waals surface area contributed by atoms with E-state index in [4.69, 9.17) is 33.7 Å². The van der Waals surface area contributed by atoms with Crippen molar-refractivity contribution in [2.45, 2.75) is 19.1 Å². The van der Waals surface area contributed by atoms with Crippen LogP contribution in [0, 0.1) is 0 Å². The number of ether oxygens (including phenoxy) is 1. The van der Waals surface area contributed by atoms with E-state index < -0.39 is 0 Å². The van der Waals surface area contributed by atoms with Gasteiger partial charge in [-0.2, -0.15) is 5.10 Å². The Labute approximate surface area is 156 Å². The quantitative estimate of drug-likeness (QED) is 0.757. The lowest BCUT2D eigenvalue weighted by Gasteiger charge is -2.14. The Hall–Kier alpha value is -1.31. The minimum Gasteiger partial charge on any atom is -0.380 e. The van der Waals surface area contributed by atoms with Gasteiger partial charge in [0.15, 0.2) is 0 Å². The maximum atomic E-state index is 12.0. The number of nitrogens with two attached hydrogens (primary N) is 1. The average molecular weight is 394 g/mol. The van der Waals surface area contributed by atoms with Crippen LogP contribution < -0.4 is 11.1 Å². The molecule has 0 aliphatic carbocycles. The molecule has 1 amide bonds. The van der Waals surface area contributed by atoms with E-state index in [1.54, 1.807) is 35.1 Å². The van der Waals surface area contributed by atoms with Gasteiger partial charge in [0.05, 0.1) is 25.3 Å². The van der Waals surface area contributed by atoms with Crippen LogP contribution in [-0.2, 0) is 16.1 Å². The summed E-state index contributed by atoms with van der Waals surface area (Å²) in [4.78, 5) is 12.0. The zero-order chi connectivity index (χ0) is 16.8. The summed E-state index contributed by atoms with van der Waals surface area (Å²) in [5, 5.41) is 8.08. The third kappa shape index (κ3) is 5.36. The molecule has 1 unspecified atom stereocenters. The van der Waals surface area contributed by atoms with Gasteiger partial charge in [-0.15, -0.1) is 12.4 Å². The first kappa shape index (κ1) is 20.7. The number of amides is 1. The molecule has 132 valence electrons. The Morgan fingerprint density at radius 3 is 2.62 bits per heavy atom. The minimum atomic E-state index is -0.315. The highest BCUT2D eigenvalue weighted by molar-refractivity contribution is 6.35. The lowest BCUT2D eigenvalue weighted by Crippen LogP contribution is -2.28. The molecule has 1 aromatic heterocycles. The average Bonchev–Trinajstić information content (AvgIpc) is 2.95. The van der Waals surface area contributed by atoms with Crippen LogP contribution >= 0.6 is 35.6 Å². The van der Waals surface area contributed by atoms with Crippen LogP contribution in [0.2, 0.25) is 10.0 Å². The molecule has 9 heteroatoms. The number of hydrogen-bond acceptors (Lipinski definition) is 4. The first-order chi connectivity index (χ1) is 11.0. The van der Waals surface area contributed by atoms with Crippen LogP contribution in [0.4, 0.5) is 5.82 Å². The maximum Gasteiger partial charge on any atom is 0.228 e. The van der Waals surface area contributed by atoms with E-state index in [-0.39, 0.29) is 37.4 Å². The molecule has 0 radical (unpaired) electrons. The Bertz CT molecular complexity index is 654. The molecular weight excluding hydrogens is 375 g/mol. The van der Waals surface area contributed by atoms with Gasteiger partial charge in [0, 0.05) is 35.3 Å². The largest absolute Gasteiger partial charge is 0.380 e. The molecule has 0 saturated heterocycles. The van der Waals surface area contributed by atoms with Crippen molar-refractivity contribution < 1.29 is 9.53 Å². The molecule has 0 saturated carbocycles. The monoisotopic (exact) mass is 392 g/mol. The summed E-state index contributed by atoms with van der Waals surface area (Å²) in [6.45, 7) is 0.629. The van der Waals surface area contributed by atoms with E-state index in [9.17, 15) is 4.79 Å². The molecule has 0 bridgehead atoms. The fraction of sp³-hybridized carbons (Fsp3) is 0.333. The summed E-state index contributed by atoms with van der Waals surface area (Å²) in [6.07, 6.45) is 1.45. The lowest BCUT2D eigenvalue weighted by molar-refractivity contribution is -0.118. The summed E-state index contributed by atoms with van der Waals surface area (Å²) >= 11 is 12.3. The van der Waals surface area contributed by atoms with Gasteiger partial charge in [0.25, 0.3) is 0 Å². The molecule has 0 aliphatic heterocycles. The molecule has 2 aromatic rings. The van der Waals surface area contributed by atoms with Crippen molar-refractivity contribution in [3.8, 4) is 0 Å². The van der Waals surface area contributed by atoms with E-state index >= 15 is 0 Å². The third-order valence-electron chi connectivity index (χ3n) is 3.36. The first-order valence-electron chi connectivity index (χ1n) is 7.02. The van der Waals surface area contributed by atoms with Gasteiger partial charge in [0.2, 0.25) is 5.91 Å². The summed E-state index contributed by atoms with van der Waals surface area (Å²) in [7, 11) is 1.52. The number of carbonyl (C=O) groups excluding carboxylic acids is 1. The molecule has 2 rings (SSSR count). The highest BCUT2D eigenvalue weighted by Gasteiger charge is 2.14. The van der Waals surface area contributed by atoms with E-state index in [0.29, 0.717) is 22.4 Å². The topological polar surface area (TPSA) is 82.2 Å². The second-order valence-electron chi connectivity index (χ2n) is 4.92. The number of rotatable bonds is 7. The van der Waals surface area contributed by atoms with Crippen LogP contribution in [0.5, 0.6) is 0 Å². The Balaban J connectivity index is 0.00000288. The normalized spacial score (nSPS) is 11.7. The van der Waals surface area contributed by atoms with Gasteiger partial charge < -0.3 is 15.8 Å². The fourth-order valence-corrected chi connectivity index (χ4v) is 2.58. The smallest absolute Gasteiger partial charge is 0.228 e. The molecule has 3 N–H and O–H groups in total. The van der Waals surface area contributed by atoms with Crippen LogP contribution in [0.1, 0.15) is 12.0 Å². The maximum absolute atomic E-state index is 12.0. The molecule has 0 spiro atoms. The van der Waals surface area contributed by atoms with Crippen LogP contribution in [0.15, 0.2) is 30.5 Å². The zero-order valence-corrected chi connectivity index (χ0v) is 15.4. The number of nitrogens with one attached hydrogen (secondary N) is 1. The van der Waals surface area contributed by atoms with Gasteiger partial charge in [-0.25, -0.2) is 4.68 Å². The molecule has 1 aromatic carbocycles. The van der Waals surface area contributed by atoms with E-state index in [2.05, 4.69) is 10.4 Å². The van der Waals surface area contributed by atoms with Crippen molar-refractivity contribution >= 4 is 47.3 Å². The van der Waals surface area contributed by atoms with E-state index in [1.165, 1.54) is 7.11 Å². The lowest BCUT2D eigenvalue weighted by atomic mass is 10.2. The number of carbonyl (C=O) groups is 1. The summed E-state index contributed by atoms with van der Waals surface area (Å²) < 4.78 is 6.72. The van der Waals surface area contributed by atoms with E-state index in [0.717, 1.165) is 5.56 Å². The van der Waals surface area contributed by atoms with Gasteiger partial charge in [0.1, 0.15) is 5.82 Å². The Morgan fingerprint density at radius 1 is 1.38 bits per heavy atom. The second kappa shape index (κ2) is 9.86. The molecule has 0 fully saturated rings. The summed E-state index contributed by atoms with van der Waals surface area (Å²) in [5.41, 5.74) is 6.26. The predicted molar refractivity (Wildman–Crippen MR) is 98.1 cm³/mol. The SMILES string of the molecule is COC(CN)CC(=O)Nc1ccnn1Cc1c(Cl)cccc1Cl.Cl. The molecule has 24 heavy (non-hydrogen) atoms. The summed E-state index contributed by atoms with van der Waals surface area (Å²) in [6, 6.07) is 6.99. The number of nitrogens with zero attached hydrogens (tertiary/aromatic N) is 2. The van der Waals surface area contributed by atoms with Crippen molar-refractivity contribution in [3.63, 3.8) is 0 Å². The van der Waals surface area contributed by atoms with Crippen LogP contribution in [0.25, 0.3) is 0 Å². The van der Waals surface area contributed by atoms with Crippen molar-refractivity contribution in [2.75, 3.05) is 19.0 Å². The van der Waals surface area contributed by atoms with Crippen molar-refractivity contribution in [3.05, 3.63) is 46.1 Å². The third-order valence-corrected chi connectivity index (χ3v) is 4.07. The fourth-order valence-electron chi connectivity index (χ4n) is 2.06. The standard InChI is InChI=1S/C15H18Cl2N4O2.ClH/c1-23-10(8-18)7-15(22)20-14-5-6-19-21(14)9-11-12(16)3-2-4-13(11)17;/h2-6,10H,7-9,18H2,1H3,(H,20,22);1H. The number of methoxy groups -OCH3 is 1.